The Morgan fingerprint density at radius 1 is 1.50 bits per heavy atom. The van der Waals surface area contributed by atoms with Crippen molar-refractivity contribution in [1.29, 1.82) is 0 Å². The first-order valence-electron chi connectivity index (χ1n) is 4.94. The van der Waals surface area contributed by atoms with Crippen LogP contribution in [0.2, 0.25) is 5.15 Å². The molecule has 4 heteroatoms. The van der Waals surface area contributed by atoms with Gasteiger partial charge in [0.15, 0.2) is 0 Å². The van der Waals surface area contributed by atoms with Gasteiger partial charge in [-0.1, -0.05) is 11.6 Å². The summed E-state index contributed by atoms with van der Waals surface area (Å²) >= 11 is 5.96. The van der Waals surface area contributed by atoms with Gasteiger partial charge in [-0.25, -0.2) is 9.97 Å². The summed E-state index contributed by atoms with van der Waals surface area (Å²) in [6.45, 7) is 5.28. The van der Waals surface area contributed by atoms with Gasteiger partial charge in [-0.2, -0.15) is 0 Å². The number of anilines is 1. The lowest BCUT2D eigenvalue weighted by Crippen LogP contribution is -2.28. The van der Waals surface area contributed by atoms with Crippen molar-refractivity contribution in [3.05, 3.63) is 17.0 Å². The second-order valence-electron chi connectivity index (χ2n) is 3.80. The predicted octanol–water partition coefficient (Wildman–Crippen LogP) is 2.43. The van der Waals surface area contributed by atoms with Gasteiger partial charge in [-0.05, 0) is 26.7 Å². The Morgan fingerprint density at radius 3 is 2.93 bits per heavy atom. The Hall–Kier alpha value is -0.830. The van der Waals surface area contributed by atoms with E-state index in [0.717, 1.165) is 17.9 Å². The highest BCUT2D eigenvalue weighted by Crippen LogP contribution is 2.28. The third-order valence-corrected chi connectivity index (χ3v) is 3.20. The second kappa shape index (κ2) is 3.73. The van der Waals surface area contributed by atoms with Crippen LogP contribution >= 0.6 is 11.6 Å². The molecule has 0 aliphatic carbocycles. The Bertz CT molecular complexity index is 340. The van der Waals surface area contributed by atoms with Crippen molar-refractivity contribution in [2.75, 3.05) is 11.4 Å². The molecule has 76 valence electrons. The highest BCUT2D eigenvalue weighted by Gasteiger charge is 2.23. The molecule has 1 aliphatic heterocycles. The second-order valence-corrected chi connectivity index (χ2v) is 4.16. The molecule has 1 aromatic heterocycles. The minimum Gasteiger partial charge on any atom is -0.354 e. The van der Waals surface area contributed by atoms with Gasteiger partial charge in [0.25, 0.3) is 0 Å². The maximum atomic E-state index is 5.96. The molecule has 0 spiro atoms. The number of aromatic nitrogens is 2. The van der Waals surface area contributed by atoms with Gasteiger partial charge < -0.3 is 4.90 Å². The first-order chi connectivity index (χ1) is 6.70. The SMILES string of the molecule is Cc1c(Cl)ncnc1N1CCCC1C. The van der Waals surface area contributed by atoms with Crippen LogP contribution in [0.25, 0.3) is 0 Å². The first kappa shape index (κ1) is 9.71. The van der Waals surface area contributed by atoms with E-state index in [1.54, 1.807) is 0 Å². The summed E-state index contributed by atoms with van der Waals surface area (Å²) in [5.41, 5.74) is 0.989. The smallest absolute Gasteiger partial charge is 0.137 e. The monoisotopic (exact) mass is 211 g/mol. The number of hydrogen-bond donors (Lipinski definition) is 0. The number of rotatable bonds is 1. The van der Waals surface area contributed by atoms with E-state index in [2.05, 4.69) is 21.8 Å². The van der Waals surface area contributed by atoms with Gasteiger partial charge in [-0.15, -0.1) is 0 Å². The van der Waals surface area contributed by atoms with Gasteiger partial charge in [0, 0.05) is 18.2 Å². The van der Waals surface area contributed by atoms with E-state index < -0.39 is 0 Å². The topological polar surface area (TPSA) is 29.0 Å². The van der Waals surface area contributed by atoms with E-state index in [4.69, 9.17) is 11.6 Å². The summed E-state index contributed by atoms with van der Waals surface area (Å²) in [5, 5.41) is 0.564. The van der Waals surface area contributed by atoms with Crippen LogP contribution < -0.4 is 4.90 Å². The fraction of sp³-hybridized carbons (Fsp3) is 0.600. The van der Waals surface area contributed by atoms with Crippen molar-refractivity contribution in [1.82, 2.24) is 9.97 Å². The van der Waals surface area contributed by atoms with Crippen LogP contribution in [-0.4, -0.2) is 22.6 Å². The van der Waals surface area contributed by atoms with Gasteiger partial charge in [0.1, 0.15) is 17.3 Å². The molecule has 1 saturated heterocycles. The van der Waals surface area contributed by atoms with Gasteiger partial charge in [0.05, 0.1) is 0 Å². The van der Waals surface area contributed by atoms with E-state index >= 15 is 0 Å². The largest absolute Gasteiger partial charge is 0.354 e. The quantitative estimate of drug-likeness (QED) is 0.669. The fourth-order valence-electron chi connectivity index (χ4n) is 1.96. The summed E-state index contributed by atoms with van der Waals surface area (Å²) in [7, 11) is 0. The van der Waals surface area contributed by atoms with Crippen molar-refractivity contribution < 1.29 is 0 Å². The van der Waals surface area contributed by atoms with Crippen molar-refractivity contribution in [3.63, 3.8) is 0 Å². The van der Waals surface area contributed by atoms with E-state index in [9.17, 15) is 0 Å². The lowest BCUT2D eigenvalue weighted by atomic mass is 10.2. The van der Waals surface area contributed by atoms with Crippen LogP contribution in [0.3, 0.4) is 0 Å². The fourth-order valence-corrected chi connectivity index (χ4v) is 2.09. The maximum absolute atomic E-state index is 5.96. The van der Waals surface area contributed by atoms with Crippen LogP contribution in [-0.2, 0) is 0 Å². The lowest BCUT2D eigenvalue weighted by molar-refractivity contribution is 0.723. The molecule has 1 fully saturated rings. The van der Waals surface area contributed by atoms with E-state index in [0.29, 0.717) is 11.2 Å². The van der Waals surface area contributed by atoms with Crippen LogP contribution in [0.15, 0.2) is 6.33 Å². The highest BCUT2D eigenvalue weighted by molar-refractivity contribution is 6.30. The molecule has 3 nitrogen and oxygen atoms in total. The third kappa shape index (κ3) is 1.57. The molecule has 1 atom stereocenters. The van der Waals surface area contributed by atoms with E-state index in [-0.39, 0.29) is 0 Å². The maximum Gasteiger partial charge on any atom is 0.137 e. The Morgan fingerprint density at radius 2 is 2.29 bits per heavy atom. The molecule has 1 unspecified atom stereocenters. The number of hydrogen-bond acceptors (Lipinski definition) is 3. The molecular formula is C10H14ClN3. The van der Waals surface area contributed by atoms with E-state index in [1.807, 2.05) is 6.92 Å². The zero-order chi connectivity index (χ0) is 10.1. The van der Waals surface area contributed by atoms with Crippen LogP contribution in [0.1, 0.15) is 25.3 Å². The third-order valence-electron chi connectivity index (χ3n) is 2.82. The van der Waals surface area contributed by atoms with Crippen LogP contribution in [0, 0.1) is 6.92 Å². The lowest BCUT2D eigenvalue weighted by Gasteiger charge is -2.24. The minimum absolute atomic E-state index is 0.564. The van der Waals surface area contributed by atoms with Crippen molar-refractivity contribution in [2.45, 2.75) is 32.7 Å². The molecule has 0 bridgehead atoms. The van der Waals surface area contributed by atoms with Crippen LogP contribution in [0.5, 0.6) is 0 Å². The summed E-state index contributed by atoms with van der Waals surface area (Å²) in [6, 6.07) is 0.569. The summed E-state index contributed by atoms with van der Waals surface area (Å²) in [4.78, 5) is 10.6. The molecule has 0 radical (unpaired) electrons. The van der Waals surface area contributed by atoms with Gasteiger partial charge in [-0.3, -0.25) is 0 Å². The average Bonchev–Trinajstić information content (AvgIpc) is 2.57. The molecule has 2 rings (SSSR count). The molecule has 0 saturated carbocycles. The summed E-state index contributed by atoms with van der Waals surface area (Å²) in [5.74, 6) is 0.995. The molecule has 0 amide bonds. The molecule has 2 heterocycles. The van der Waals surface area contributed by atoms with Gasteiger partial charge in [0.2, 0.25) is 0 Å². The predicted molar refractivity (Wildman–Crippen MR) is 57.8 cm³/mol. The molecule has 0 N–H and O–H groups in total. The molecule has 1 aliphatic rings. The summed E-state index contributed by atoms with van der Waals surface area (Å²) in [6.07, 6.45) is 4.01. The number of nitrogens with zero attached hydrogens (tertiary/aromatic N) is 3. The van der Waals surface area contributed by atoms with Crippen molar-refractivity contribution in [3.8, 4) is 0 Å². The van der Waals surface area contributed by atoms with E-state index in [1.165, 1.54) is 19.2 Å². The molecule has 14 heavy (non-hydrogen) atoms. The molecule has 1 aromatic rings. The normalized spacial score (nSPS) is 21.6. The molecule has 0 aromatic carbocycles. The highest BCUT2D eigenvalue weighted by atomic mass is 35.5. The summed E-state index contributed by atoms with van der Waals surface area (Å²) < 4.78 is 0. The van der Waals surface area contributed by atoms with Crippen molar-refractivity contribution >= 4 is 17.4 Å². The average molecular weight is 212 g/mol. The Kier molecular flexibility index (Phi) is 2.59. The zero-order valence-electron chi connectivity index (χ0n) is 8.50. The Balaban J connectivity index is 2.36. The standard InChI is InChI=1S/C10H14ClN3/c1-7-4-3-5-14(7)10-8(2)9(11)12-6-13-10/h6-7H,3-5H2,1-2H3. The zero-order valence-corrected chi connectivity index (χ0v) is 9.25. The first-order valence-corrected chi connectivity index (χ1v) is 5.31. The minimum atomic E-state index is 0.564. The van der Waals surface area contributed by atoms with Crippen LogP contribution in [0.4, 0.5) is 5.82 Å². The van der Waals surface area contributed by atoms with Crippen molar-refractivity contribution in [2.24, 2.45) is 0 Å². The Labute approximate surface area is 89.1 Å². The van der Waals surface area contributed by atoms with Gasteiger partial charge >= 0.3 is 0 Å². The number of halogens is 1. The molecular weight excluding hydrogens is 198 g/mol.